The monoisotopic (exact) mass is 489 g/mol. The number of nitrogens with zero attached hydrogens (tertiary/aromatic N) is 3. The number of carbonyl (C=O) groups is 2. The number of rotatable bonds is 3. The average Bonchev–Trinajstić information content (AvgIpc) is 2.82. The molecule has 2 aromatic rings. The van der Waals surface area contributed by atoms with Gasteiger partial charge in [-0.15, -0.1) is 0 Å². The molecule has 2 fully saturated rings. The maximum atomic E-state index is 13.4. The zero-order valence-electron chi connectivity index (χ0n) is 20.1. The Balaban J connectivity index is 1.46. The first-order valence-electron chi connectivity index (χ1n) is 11.9. The maximum absolute atomic E-state index is 13.4. The lowest BCUT2D eigenvalue weighted by Gasteiger charge is -2.36. The largest absolute Gasteiger partial charge is 0.416 e. The molecule has 0 N–H and O–H groups in total. The van der Waals surface area contributed by atoms with Crippen molar-refractivity contribution >= 4 is 11.8 Å². The van der Waals surface area contributed by atoms with Gasteiger partial charge in [-0.1, -0.05) is 0 Å². The zero-order chi connectivity index (χ0) is 25.3. The molecule has 2 amide bonds. The van der Waals surface area contributed by atoms with Crippen molar-refractivity contribution < 1.29 is 27.5 Å². The highest BCUT2D eigenvalue weighted by atomic mass is 19.4. The van der Waals surface area contributed by atoms with Crippen LogP contribution in [0.2, 0.25) is 0 Å². The van der Waals surface area contributed by atoms with Gasteiger partial charge in [-0.2, -0.15) is 13.2 Å². The van der Waals surface area contributed by atoms with E-state index in [0.717, 1.165) is 23.5 Å². The number of morpholine rings is 1. The van der Waals surface area contributed by atoms with E-state index in [0.29, 0.717) is 44.6 Å². The number of hydrogen-bond acceptors (Lipinski definition) is 4. The average molecular weight is 490 g/mol. The molecule has 0 unspecified atom stereocenters. The van der Waals surface area contributed by atoms with Crippen LogP contribution in [0.4, 0.5) is 13.2 Å². The van der Waals surface area contributed by atoms with Crippen molar-refractivity contribution in [3.63, 3.8) is 0 Å². The van der Waals surface area contributed by atoms with Crippen molar-refractivity contribution in [1.29, 1.82) is 0 Å². The molecule has 9 heteroatoms. The number of carbonyl (C=O) groups excluding carboxylic acids is 2. The lowest BCUT2D eigenvalue weighted by molar-refractivity contribution is -0.137. The molecular formula is C26H30F3N3O3. The van der Waals surface area contributed by atoms with E-state index in [1.165, 1.54) is 12.1 Å². The summed E-state index contributed by atoms with van der Waals surface area (Å²) in [5.41, 5.74) is 1.62. The van der Waals surface area contributed by atoms with Gasteiger partial charge in [0.1, 0.15) is 0 Å². The molecule has 1 aromatic carbocycles. The number of hydrogen-bond donors (Lipinski definition) is 0. The van der Waals surface area contributed by atoms with Crippen LogP contribution in [0.15, 0.2) is 36.4 Å². The molecule has 6 nitrogen and oxygen atoms in total. The van der Waals surface area contributed by atoms with Gasteiger partial charge in [-0.05, 0) is 70.0 Å². The molecule has 2 aliphatic heterocycles. The SMILES string of the molecule is Cc1ccc(C(=O)N2C[C@H](C)O[C@@H](C)C2)c(C2CCN(C(=O)c3ccc(C(F)(F)F)cc3)CC2)n1. The quantitative estimate of drug-likeness (QED) is 0.628. The molecule has 0 radical (unpaired) electrons. The third kappa shape index (κ3) is 5.66. The predicted octanol–water partition coefficient (Wildman–Crippen LogP) is 4.68. The third-order valence-corrected chi connectivity index (χ3v) is 6.63. The van der Waals surface area contributed by atoms with Crippen LogP contribution in [0.1, 0.15) is 70.3 Å². The predicted molar refractivity (Wildman–Crippen MR) is 124 cm³/mol. The van der Waals surface area contributed by atoms with Gasteiger partial charge in [0.15, 0.2) is 0 Å². The number of amides is 2. The number of aromatic nitrogens is 1. The van der Waals surface area contributed by atoms with Crippen molar-refractivity contribution in [2.24, 2.45) is 0 Å². The fourth-order valence-electron chi connectivity index (χ4n) is 4.92. The second-order valence-electron chi connectivity index (χ2n) is 9.49. The van der Waals surface area contributed by atoms with E-state index >= 15 is 0 Å². The van der Waals surface area contributed by atoms with Crippen LogP contribution < -0.4 is 0 Å². The summed E-state index contributed by atoms with van der Waals surface area (Å²) in [5, 5.41) is 0. The molecule has 0 aliphatic carbocycles. The van der Waals surface area contributed by atoms with E-state index in [2.05, 4.69) is 0 Å². The molecule has 0 bridgehead atoms. The Morgan fingerprint density at radius 1 is 0.914 bits per heavy atom. The number of alkyl halides is 3. The highest BCUT2D eigenvalue weighted by Gasteiger charge is 2.33. The minimum atomic E-state index is -4.44. The Kier molecular flexibility index (Phi) is 7.17. The summed E-state index contributed by atoms with van der Waals surface area (Å²) in [4.78, 5) is 34.5. The summed E-state index contributed by atoms with van der Waals surface area (Å²) in [7, 11) is 0. The summed E-state index contributed by atoms with van der Waals surface area (Å²) in [6.45, 7) is 7.73. The highest BCUT2D eigenvalue weighted by Crippen LogP contribution is 2.32. The van der Waals surface area contributed by atoms with Crippen LogP contribution in [0.5, 0.6) is 0 Å². The topological polar surface area (TPSA) is 62.7 Å². The minimum Gasteiger partial charge on any atom is -0.372 e. The lowest BCUT2D eigenvalue weighted by Crippen LogP contribution is -2.48. The van der Waals surface area contributed by atoms with Crippen LogP contribution >= 0.6 is 0 Å². The molecule has 3 heterocycles. The van der Waals surface area contributed by atoms with Crippen molar-refractivity contribution in [1.82, 2.24) is 14.8 Å². The summed E-state index contributed by atoms with van der Waals surface area (Å²) in [5.74, 6) is -0.332. The number of aryl methyl sites for hydroxylation is 1. The van der Waals surface area contributed by atoms with E-state index in [1.807, 2.05) is 37.8 Å². The standard InChI is InChI=1S/C26H30F3N3O3/c1-16-4-9-22(25(34)32-14-17(2)35-18(3)15-32)23(30-16)19-10-12-31(13-11-19)24(33)20-5-7-21(8-6-20)26(27,28)29/h4-9,17-19H,10-15H2,1-3H3/t17-,18-/m0/s1. The van der Waals surface area contributed by atoms with Crippen LogP contribution in [0, 0.1) is 6.92 Å². The number of pyridine rings is 1. The molecule has 0 saturated carbocycles. The van der Waals surface area contributed by atoms with Crippen molar-refractivity contribution in [3.8, 4) is 0 Å². The number of ether oxygens (including phenoxy) is 1. The third-order valence-electron chi connectivity index (χ3n) is 6.63. The summed E-state index contributed by atoms with van der Waals surface area (Å²) < 4.78 is 44.2. The van der Waals surface area contributed by atoms with Crippen molar-refractivity contribution in [2.45, 2.75) is 57.9 Å². The molecule has 35 heavy (non-hydrogen) atoms. The molecule has 0 spiro atoms. The molecule has 2 aliphatic rings. The lowest BCUT2D eigenvalue weighted by atomic mass is 9.89. The molecular weight excluding hydrogens is 459 g/mol. The maximum Gasteiger partial charge on any atom is 0.416 e. The smallest absolute Gasteiger partial charge is 0.372 e. The van der Waals surface area contributed by atoms with Gasteiger partial charge in [0.05, 0.1) is 29.0 Å². The van der Waals surface area contributed by atoms with Gasteiger partial charge in [-0.3, -0.25) is 14.6 Å². The first-order chi connectivity index (χ1) is 16.5. The van der Waals surface area contributed by atoms with Crippen LogP contribution in [0.25, 0.3) is 0 Å². The normalized spacial score (nSPS) is 21.8. The van der Waals surface area contributed by atoms with E-state index in [4.69, 9.17) is 9.72 Å². The second-order valence-corrected chi connectivity index (χ2v) is 9.49. The Labute approximate surface area is 203 Å². The Hall–Kier alpha value is -2.94. The number of benzene rings is 1. The fourth-order valence-corrected chi connectivity index (χ4v) is 4.92. The van der Waals surface area contributed by atoms with E-state index < -0.39 is 11.7 Å². The van der Waals surface area contributed by atoms with Crippen LogP contribution in [-0.2, 0) is 10.9 Å². The Morgan fingerprint density at radius 3 is 2.09 bits per heavy atom. The first-order valence-corrected chi connectivity index (χ1v) is 11.9. The molecule has 2 atom stereocenters. The summed E-state index contributed by atoms with van der Waals surface area (Å²) in [6.07, 6.45) is -3.27. The van der Waals surface area contributed by atoms with Gasteiger partial charge in [-0.25, -0.2) is 0 Å². The first kappa shape index (κ1) is 25.2. The minimum absolute atomic E-state index is 0.0152. The van der Waals surface area contributed by atoms with E-state index in [9.17, 15) is 22.8 Å². The molecule has 4 rings (SSSR count). The number of halogens is 3. The van der Waals surface area contributed by atoms with Gasteiger partial charge in [0, 0.05) is 43.4 Å². The van der Waals surface area contributed by atoms with Crippen molar-refractivity contribution in [2.75, 3.05) is 26.2 Å². The van der Waals surface area contributed by atoms with E-state index in [-0.39, 0.29) is 35.5 Å². The van der Waals surface area contributed by atoms with Gasteiger partial charge < -0.3 is 14.5 Å². The summed E-state index contributed by atoms with van der Waals surface area (Å²) >= 11 is 0. The highest BCUT2D eigenvalue weighted by molar-refractivity contribution is 5.96. The second kappa shape index (κ2) is 9.97. The number of likely N-dealkylation sites (tertiary alicyclic amines) is 1. The van der Waals surface area contributed by atoms with Crippen LogP contribution in [-0.4, -0.2) is 65.0 Å². The van der Waals surface area contributed by atoms with Gasteiger partial charge in [0.25, 0.3) is 11.8 Å². The number of piperidine rings is 1. The van der Waals surface area contributed by atoms with Crippen LogP contribution in [0.3, 0.4) is 0 Å². The van der Waals surface area contributed by atoms with Gasteiger partial charge in [0.2, 0.25) is 0 Å². The Bertz CT molecular complexity index is 1070. The molecule has 188 valence electrons. The van der Waals surface area contributed by atoms with E-state index in [1.54, 1.807) is 4.90 Å². The van der Waals surface area contributed by atoms with Crippen molar-refractivity contribution in [3.05, 3.63) is 64.5 Å². The molecule has 2 saturated heterocycles. The fraction of sp³-hybridized carbons (Fsp3) is 0.500. The zero-order valence-corrected chi connectivity index (χ0v) is 20.1. The molecule has 1 aromatic heterocycles. The summed E-state index contributed by atoms with van der Waals surface area (Å²) in [6, 6.07) is 7.99. The Morgan fingerprint density at radius 2 is 1.51 bits per heavy atom. The van der Waals surface area contributed by atoms with Gasteiger partial charge >= 0.3 is 6.18 Å².